The number of azo groups is 1. The van der Waals surface area contributed by atoms with E-state index in [-0.39, 0.29) is 12.3 Å². The van der Waals surface area contributed by atoms with Crippen molar-refractivity contribution >= 4 is 11.7 Å². The molecule has 0 spiro atoms. The third-order valence-corrected chi connectivity index (χ3v) is 1.85. The molecule has 0 aromatic heterocycles. The first-order valence-corrected chi connectivity index (χ1v) is 5.07. The number of rotatable bonds is 4. The molecule has 102 valence electrons. The normalized spacial score (nSPS) is 11.9. The van der Waals surface area contributed by atoms with E-state index in [1.54, 1.807) is 0 Å². The minimum atomic E-state index is -1.64. The van der Waals surface area contributed by atoms with Crippen molar-refractivity contribution in [2.75, 3.05) is 6.61 Å². The van der Waals surface area contributed by atoms with E-state index >= 15 is 0 Å². The summed E-state index contributed by atoms with van der Waals surface area (Å²) in [5.74, 6) is -5.49. The zero-order chi connectivity index (χ0) is 14.4. The van der Waals surface area contributed by atoms with Gasteiger partial charge in [-0.2, -0.15) is 0 Å². The second kappa shape index (κ2) is 6.53. The van der Waals surface area contributed by atoms with Gasteiger partial charge in [-0.3, -0.25) is 0 Å². The van der Waals surface area contributed by atoms with Crippen LogP contribution in [0.4, 0.5) is 18.9 Å². The number of carbonyl (C=O) groups is 1. The molecule has 1 N–H and O–H groups in total. The summed E-state index contributed by atoms with van der Waals surface area (Å²) in [5.41, 5.74) is -0.924. The molecule has 1 aromatic rings. The summed E-state index contributed by atoms with van der Waals surface area (Å²) in [6, 6.07) is 1.17. The second-order valence-electron chi connectivity index (χ2n) is 3.16. The number of nitrogens with zero attached hydrogens (tertiary/aromatic N) is 2. The number of esters is 1. The Balaban J connectivity index is 2.95. The highest BCUT2D eigenvalue weighted by Gasteiger charge is 2.12. The fourth-order valence-electron chi connectivity index (χ4n) is 1.04. The Morgan fingerprint density at radius 2 is 1.95 bits per heavy atom. The fourth-order valence-corrected chi connectivity index (χ4v) is 1.04. The highest BCUT2D eigenvalue weighted by atomic mass is 19.2. The molecule has 0 aliphatic heterocycles. The van der Waals surface area contributed by atoms with Crippen molar-refractivity contribution in [2.24, 2.45) is 10.2 Å². The molecule has 0 atom stereocenters. The number of halogens is 3. The predicted octanol–water partition coefficient (Wildman–Crippen LogP) is 3.15. The van der Waals surface area contributed by atoms with Crippen LogP contribution in [0.15, 0.2) is 34.3 Å². The van der Waals surface area contributed by atoms with Crippen molar-refractivity contribution in [1.82, 2.24) is 0 Å². The van der Waals surface area contributed by atoms with E-state index in [0.29, 0.717) is 18.4 Å². The van der Waals surface area contributed by atoms with Crippen molar-refractivity contribution in [3.8, 4) is 0 Å². The van der Waals surface area contributed by atoms with E-state index in [0.717, 1.165) is 0 Å². The van der Waals surface area contributed by atoms with Crippen LogP contribution >= 0.6 is 0 Å². The molecule has 1 aromatic carbocycles. The van der Waals surface area contributed by atoms with Crippen LogP contribution in [0.1, 0.15) is 6.92 Å². The highest BCUT2D eigenvalue weighted by molar-refractivity contribution is 5.87. The SMILES string of the molecule is CCOC(=O)/C(=C\O)N=Nc1cc(F)c(F)c(F)c1. The van der Waals surface area contributed by atoms with Gasteiger partial charge in [0.1, 0.15) is 6.26 Å². The Kier molecular flexibility index (Phi) is 5.04. The Hall–Kier alpha value is -2.38. The first kappa shape index (κ1) is 14.7. The molecule has 0 amide bonds. The van der Waals surface area contributed by atoms with Gasteiger partial charge in [-0.25, -0.2) is 18.0 Å². The van der Waals surface area contributed by atoms with Crippen molar-refractivity contribution in [3.05, 3.63) is 41.5 Å². The topological polar surface area (TPSA) is 71.2 Å². The van der Waals surface area contributed by atoms with Gasteiger partial charge < -0.3 is 9.84 Å². The van der Waals surface area contributed by atoms with Gasteiger partial charge in [-0.15, -0.1) is 10.2 Å². The molecule has 0 fully saturated rings. The molecule has 0 unspecified atom stereocenters. The van der Waals surface area contributed by atoms with Crippen LogP contribution in [0.25, 0.3) is 0 Å². The van der Waals surface area contributed by atoms with Crippen molar-refractivity contribution in [3.63, 3.8) is 0 Å². The minimum Gasteiger partial charge on any atom is -0.513 e. The molecule has 8 heteroatoms. The lowest BCUT2D eigenvalue weighted by molar-refractivity contribution is -0.138. The summed E-state index contributed by atoms with van der Waals surface area (Å²) in [6.07, 6.45) is 0.331. The van der Waals surface area contributed by atoms with E-state index in [2.05, 4.69) is 15.0 Å². The summed E-state index contributed by atoms with van der Waals surface area (Å²) in [6.45, 7) is 1.58. The molecular weight excluding hydrogens is 265 g/mol. The third-order valence-electron chi connectivity index (χ3n) is 1.85. The molecule has 0 saturated carbocycles. The third kappa shape index (κ3) is 3.80. The van der Waals surface area contributed by atoms with Crippen molar-refractivity contribution in [2.45, 2.75) is 6.92 Å². The summed E-state index contributed by atoms with van der Waals surface area (Å²) in [5, 5.41) is 15.3. The highest BCUT2D eigenvalue weighted by Crippen LogP contribution is 2.20. The van der Waals surface area contributed by atoms with E-state index in [1.807, 2.05) is 0 Å². The molecule has 0 heterocycles. The Labute approximate surface area is 106 Å². The molecule has 1 rings (SSSR count). The molecule has 19 heavy (non-hydrogen) atoms. The lowest BCUT2D eigenvalue weighted by Gasteiger charge is -2.00. The zero-order valence-electron chi connectivity index (χ0n) is 9.73. The molecule has 0 bridgehead atoms. The standard InChI is InChI=1S/C11H9F3N2O3/c1-2-19-11(18)9(5-17)16-15-6-3-7(12)10(14)8(13)4-6/h3-5,17H,2H2,1H3/b9-5+,16-15?. The summed E-state index contributed by atoms with van der Waals surface area (Å²) < 4.78 is 42.9. The van der Waals surface area contributed by atoms with Gasteiger partial charge in [0.05, 0.1) is 12.3 Å². The van der Waals surface area contributed by atoms with Gasteiger partial charge in [-0.1, -0.05) is 0 Å². The molecular formula is C11H9F3N2O3. The molecule has 0 aliphatic rings. The second-order valence-corrected chi connectivity index (χ2v) is 3.16. The average Bonchev–Trinajstić information content (AvgIpc) is 2.37. The smallest absolute Gasteiger partial charge is 0.362 e. The number of carbonyl (C=O) groups excluding carboxylic acids is 1. The van der Waals surface area contributed by atoms with Crippen LogP contribution in [0, 0.1) is 17.5 Å². The Bertz CT molecular complexity index is 521. The first-order chi connectivity index (χ1) is 8.99. The molecule has 5 nitrogen and oxygen atoms in total. The predicted molar refractivity (Wildman–Crippen MR) is 58.2 cm³/mol. The number of benzene rings is 1. The lowest BCUT2D eigenvalue weighted by Crippen LogP contribution is -2.05. The number of hydrogen-bond acceptors (Lipinski definition) is 5. The van der Waals surface area contributed by atoms with Gasteiger partial charge in [0.2, 0.25) is 5.70 Å². The van der Waals surface area contributed by atoms with Crippen LogP contribution < -0.4 is 0 Å². The van der Waals surface area contributed by atoms with Gasteiger partial charge in [0, 0.05) is 12.1 Å². The largest absolute Gasteiger partial charge is 0.513 e. The van der Waals surface area contributed by atoms with Gasteiger partial charge >= 0.3 is 5.97 Å². The molecule has 0 radical (unpaired) electrons. The maximum atomic E-state index is 12.9. The average molecular weight is 274 g/mol. The number of aliphatic hydroxyl groups excluding tert-OH is 1. The van der Waals surface area contributed by atoms with E-state index < -0.39 is 29.1 Å². The van der Waals surface area contributed by atoms with Crippen LogP contribution in [0.3, 0.4) is 0 Å². The molecule has 0 aliphatic carbocycles. The van der Waals surface area contributed by atoms with Gasteiger partial charge in [0.25, 0.3) is 0 Å². The Morgan fingerprint density at radius 1 is 1.37 bits per heavy atom. The van der Waals surface area contributed by atoms with Crippen LogP contribution in [0.5, 0.6) is 0 Å². The zero-order valence-corrected chi connectivity index (χ0v) is 9.73. The van der Waals surface area contributed by atoms with E-state index in [9.17, 15) is 18.0 Å². The lowest BCUT2D eigenvalue weighted by atomic mass is 10.3. The van der Waals surface area contributed by atoms with E-state index in [1.165, 1.54) is 6.92 Å². The van der Waals surface area contributed by atoms with Crippen LogP contribution in [0.2, 0.25) is 0 Å². The number of ether oxygens (including phenoxy) is 1. The minimum absolute atomic E-state index is 0.0471. The van der Waals surface area contributed by atoms with Crippen molar-refractivity contribution in [1.29, 1.82) is 0 Å². The first-order valence-electron chi connectivity index (χ1n) is 5.07. The summed E-state index contributed by atoms with van der Waals surface area (Å²) in [4.78, 5) is 11.2. The van der Waals surface area contributed by atoms with Crippen LogP contribution in [-0.4, -0.2) is 17.7 Å². The molecule has 0 saturated heterocycles. The summed E-state index contributed by atoms with van der Waals surface area (Å²) in [7, 11) is 0. The fraction of sp³-hybridized carbons (Fsp3) is 0.182. The number of aliphatic hydroxyl groups is 1. The monoisotopic (exact) mass is 274 g/mol. The van der Waals surface area contributed by atoms with E-state index in [4.69, 9.17) is 5.11 Å². The van der Waals surface area contributed by atoms with Crippen LogP contribution in [-0.2, 0) is 9.53 Å². The summed E-state index contributed by atoms with van der Waals surface area (Å²) >= 11 is 0. The number of hydrogen-bond donors (Lipinski definition) is 1. The maximum absolute atomic E-state index is 12.9. The van der Waals surface area contributed by atoms with Crippen molar-refractivity contribution < 1.29 is 27.8 Å². The quantitative estimate of drug-likeness (QED) is 0.301. The maximum Gasteiger partial charge on any atom is 0.362 e. The van der Waals surface area contributed by atoms with Gasteiger partial charge in [0.15, 0.2) is 17.5 Å². The van der Waals surface area contributed by atoms with Gasteiger partial charge in [-0.05, 0) is 6.92 Å². The Morgan fingerprint density at radius 3 is 2.42 bits per heavy atom.